The van der Waals surface area contributed by atoms with E-state index in [0.29, 0.717) is 10.0 Å². The molecule has 0 aliphatic carbocycles. The van der Waals surface area contributed by atoms with Crippen LogP contribution in [0.5, 0.6) is 0 Å². The minimum atomic E-state index is 0. The van der Waals surface area contributed by atoms with Crippen LogP contribution in [0.2, 0.25) is 10.0 Å². The Balaban J connectivity index is 0.000001000. The first-order valence-corrected chi connectivity index (χ1v) is 3.63. The molecule has 0 saturated heterocycles. The number of benzene rings is 1. The summed E-state index contributed by atoms with van der Waals surface area (Å²) < 4.78 is 0. The summed E-state index contributed by atoms with van der Waals surface area (Å²) in [7, 11) is 1.80. The van der Waals surface area contributed by atoms with Crippen molar-refractivity contribution in [2.45, 2.75) is 0 Å². The molecule has 4 heteroatoms. The van der Waals surface area contributed by atoms with Crippen molar-refractivity contribution in [3.8, 4) is 0 Å². The van der Waals surface area contributed by atoms with Crippen molar-refractivity contribution < 1.29 is 0 Å². The molecule has 1 aromatic carbocycles. The Kier molecular flexibility index (Phi) is 4.66. The summed E-state index contributed by atoms with van der Waals surface area (Å²) in [5.74, 6) is 0. The van der Waals surface area contributed by atoms with Crippen LogP contribution in [0.25, 0.3) is 0 Å². The average molecular weight is 213 g/mol. The highest BCUT2D eigenvalue weighted by Crippen LogP contribution is 2.28. The molecule has 0 bridgehead atoms. The van der Waals surface area contributed by atoms with E-state index >= 15 is 0 Å². The van der Waals surface area contributed by atoms with Gasteiger partial charge in [-0.05, 0) is 12.1 Å². The quantitative estimate of drug-likeness (QED) is 0.752. The third kappa shape index (κ3) is 2.44. The zero-order valence-corrected chi connectivity index (χ0v) is 8.22. The van der Waals surface area contributed by atoms with Crippen LogP contribution in [0.4, 0.5) is 5.69 Å². The van der Waals surface area contributed by atoms with Gasteiger partial charge in [0.05, 0.1) is 15.7 Å². The minimum Gasteiger partial charge on any atom is -0.387 e. The summed E-state index contributed by atoms with van der Waals surface area (Å²) in [6.45, 7) is 0. The van der Waals surface area contributed by atoms with E-state index in [9.17, 15) is 0 Å². The number of halogens is 3. The van der Waals surface area contributed by atoms with Gasteiger partial charge in [-0.15, -0.1) is 12.4 Å². The number of hydrogen-bond acceptors (Lipinski definition) is 1. The van der Waals surface area contributed by atoms with Crippen LogP contribution in [0.1, 0.15) is 0 Å². The first-order chi connectivity index (χ1) is 4.75. The Morgan fingerprint density at radius 3 is 2.36 bits per heavy atom. The summed E-state index contributed by atoms with van der Waals surface area (Å²) in [6.07, 6.45) is 0. The van der Waals surface area contributed by atoms with E-state index in [4.69, 9.17) is 23.2 Å². The van der Waals surface area contributed by atoms with Crippen molar-refractivity contribution in [2.75, 3.05) is 12.4 Å². The molecule has 0 spiro atoms. The number of nitrogens with one attached hydrogen (secondary N) is 1. The number of rotatable bonds is 1. The Morgan fingerprint density at radius 2 is 1.91 bits per heavy atom. The normalized spacial score (nSPS) is 8.64. The van der Waals surface area contributed by atoms with Gasteiger partial charge < -0.3 is 5.32 Å². The van der Waals surface area contributed by atoms with Gasteiger partial charge in [0.1, 0.15) is 0 Å². The molecule has 0 saturated carbocycles. The fraction of sp³-hybridized carbons (Fsp3) is 0.143. The Morgan fingerprint density at radius 1 is 1.27 bits per heavy atom. The first-order valence-electron chi connectivity index (χ1n) is 2.87. The molecular formula is C7H8Cl3N. The summed E-state index contributed by atoms with van der Waals surface area (Å²) in [5, 5.41) is 4.07. The standard InChI is InChI=1S/C7H7Cl2N.ClH/c1-10-6-4-2-3-5(8)7(6)9;/h2-4,10H,1H3;1H. The SMILES string of the molecule is CNc1cccc(Cl)c1Cl.Cl. The molecule has 0 atom stereocenters. The van der Waals surface area contributed by atoms with Crippen LogP contribution in [-0.4, -0.2) is 7.05 Å². The molecule has 1 aromatic rings. The van der Waals surface area contributed by atoms with Crippen LogP contribution in [0, 0.1) is 0 Å². The second kappa shape index (κ2) is 4.70. The Hall–Kier alpha value is -0.110. The van der Waals surface area contributed by atoms with E-state index in [2.05, 4.69) is 5.32 Å². The molecule has 0 aromatic heterocycles. The van der Waals surface area contributed by atoms with E-state index < -0.39 is 0 Å². The maximum Gasteiger partial charge on any atom is 0.0823 e. The maximum atomic E-state index is 5.80. The molecule has 0 aliphatic rings. The molecule has 11 heavy (non-hydrogen) atoms. The molecule has 0 unspecified atom stereocenters. The fourth-order valence-corrected chi connectivity index (χ4v) is 1.09. The van der Waals surface area contributed by atoms with E-state index in [1.54, 1.807) is 13.1 Å². The van der Waals surface area contributed by atoms with Crippen molar-refractivity contribution in [3.05, 3.63) is 28.2 Å². The minimum absolute atomic E-state index is 0. The third-order valence-electron chi connectivity index (χ3n) is 1.22. The summed E-state index contributed by atoms with van der Waals surface area (Å²) in [6, 6.07) is 5.47. The van der Waals surface area contributed by atoms with Gasteiger partial charge in [-0.2, -0.15) is 0 Å². The molecular weight excluding hydrogens is 204 g/mol. The monoisotopic (exact) mass is 211 g/mol. The predicted molar refractivity (Wildman–Crippen MR) is 53.3 cm³/mol. The maximum absolute atomic E-state index is 5.80. The van der Waals surface area contributed by atoms with Gasteiger partial charge >= 0.3 is 0 Å². The molecule has 1 N–H and O–H groups in total. The lowest BCUT2D eigenvalue weighted by Gasteiger charge is -2.02. The van der Waals surface area contributed by atoms with Gasteiger partial charge in [-0.3, -0.25) is 0 Å². The van der Waals surface area contributed by atoms with Crippen molar-refractivity contribution >= 4 is 41.3 Å². The van der Waals surface area contributed by atoms with E-state index in [1.807, 2.05) is 12.1 Å². The van der Waals surface area contributed by atoms with Crippen molar-refractivity contribution in [3.63, 3.8) is 0 Å². The van der Waals surface area contributed by atoms with Crippen LogP contribution < -0.4 is 5.32 Å². The molecule has 1 rings (SSSR count). The summed E-state index contributed by atoms with van der Waals surface area (Å²) in [4.78, 5) is 0. The van der Waals surface area contributed by atoms with Crippen molar-refractivity contribution in [2.24, 2.45) is 0 Å². The smallest absolute Gasteiger partial charge is 0.0823 e. The Labute approximate surface area is 82.1 Å². The second-order valence-electron chi connectivity index (χ2n) is 1.85. The van der Waals surface area contributed by atoms with Crippen LogP contribution >= 0.6 is 35.6 Å². The van der Waals surface area contributed by atoms with Crippen molar-refractivity contribution in [1.29, 1.82) is 0 Å². The Bertz CT molecular complexity index is 237. The fourth-order valence-electron chi connectivity index (χ4n) is 0.697. The van der Waals surface area contributed by atoms with Gasteiger partial charge in [0.15, 0.2) is 0 Å². The topological polar surface area (TPSA) is 12.0 Å². The lowest BCUT2D eigenvalue weighted by atomic mass is 10.3. The van der Waals surface area contributed by atoms with Crippen molar-refractivity contribution in [1.82, 2.24) is 0 Å². The summed E-state index contributed by atoms with van der Waals surface area (Å²) in [5.41, 5.74) is 0.856. The molecule has 0 aliphatic heterocycles. The molecule has 62 valence electrons. The van der Waals surface area contributed by atoms with Gasteiger partial charge in [0.25, 0.3) is 0 Å². The largest absolute Gasteiger partial charge is 0.387 e. The van der Waals surface area contributed by atoms with Crippen LogP contribution in [0.15, 0.2) is 18.2 Å². The molecule has 0 heterocycles. The molecule has 0 amide bonds. The lowest BCUT2D eigenvalue weighted by molar-refractivity contribution is 1.51. The molecule has 0 fully saturated rings. The van der Waals surface area contributed by atoms with Gasteiger partial charge in [0, 0.05) is 7.05 Å². The van der Waals surface area contributed by atoms with Gasteiger partial charge in [-0.1, -0.05) is 29.3 Å². The zero-order valence-electron chi connectivity index (χ0n) is 5.90. The highest BCUT2D eigenvalue weighted by atomic mass is 35.5. The number of hydrogen-bond donors (Lipinski definition) is 1. The number of anilines is 1. The molecule has 0 radical (unpaired) electrons. The third-order valence-corrected chi connectivity index (χ3v) is 2.04. The van der Waals surface area contributed by atoms with E-state index in [1.165, 1.54) is 0 Å². The van der Waals surface area contributed by atoms with Crippen LogP contribution in [-0.2, 0) is 0 Å². The zero-order chi connectivity index (χ0) is 7.56. The highest BCUT2D eigenvalue weighted by Gasteiger charge is 1.99. The summed E-state index contributed by atoms with van der Waals surface area (Å²) >= 11 is 11.5. The van der Waals surface area contributed by atoms with E-state index in [0.717, 1.165) is 5.69 Å². The van der Waals surface area contributed by atoms with Crippen LogP contribution in [0.3, 0.4) is 0 Å². The second-order valence-corrected chi connectivity index (χ2v) is 2.64. The highest BCUT2D eigenvalue weighted by molar-refractivity contribution is 6.43. The molecule has 1 nitrogen and oxygen atoms in total. The lowest BCUT2D eigenvalue weighted by Crippen LogP contribution is -1.87. The predicted octanol–water partition coefficient (Wildman–Crippen LogP) is 3.46. The van der Waals surface area contributed by atoms with E-state index in [-0.39, 0.29) is 12.4 Å². The first kappa shape index (κ1) is 10.9. The average Bonchev–Trinajstić information content (AvgIpc) is 1.95. The van der Waals surface area contributed by atoms with Gasteiger partial charge in [-0.25, -0.2) is 0 Å². The van der Waals surface area contributed by atoms with Gasteiger partial charge in [0.2, 0.25) is 0 Å².